The van der Waals surface area contributed by atoms with Crippen molar-refractivity contribution in [3.63, 3.8) is 0 Å². The Morgan fingerprint density at radius 2 is 1.67 bits per heavy atom. The van der Waals surface area contributed by atoms with Crippen LogP contribution in [-0.2, 0) is 9.53 Å². The Bertz CT molecular complexity index is 1680. The summed E-state index contributed by atoms with van der Waals surface area (Å²) in [5, 5.41) is 39.2. The number of halogens is 1. The van der Waals surface area contributed by atoms with Crippen LogP contribution >= 0.6 is 22.6 Å². The third-order valence-corrected chi connectivity index (χ3v) is 12.3. The van der Waals surface area contributed by atoms with Crippen LogP contribution in [0.25, 0.3) is 0 Å². The second-order valence-corrected chi connectivity index (χ2v) is 18.3. The zero-order valence-electron chi connectivity index (χ0n) is 31.7. The van der Waals surface area contributed by atoms with E-state index in [-0.39, 0.29) is 51.3 Å². The van der Waals surface area contributed by atoms with Gasteiger partial charge in [0, 0.05) is 71.7 Å². The van der Waals surface area contributed by atoms with E-state index in [0.29, 0.717) is 28.2 Å². The van der Waals surface area contributed by atoms with Gasteiger partial charge in [-0.15, -0.1) is 0 Å². The smallest absolute Gasteiger partial charge is 0.272 e. The highest BCUT2D eigenvalue weighted by Crippen LogP contribution is 2.50. The molecule has 7 atom stereocenters. The van der Waals surface area contributed by atoms with Crippen molar-refractivity contribution in [1.29, 1.82) is 0 Å². The number of likely N-dealkylation sites (tertiary alicyclic amines) is 1. The average molecular weight is 823 g/mol. The van der Waals surface area contributed by atoms with E-state index in [0.717, 1.165) is 19.6 Å². The van der Waals surface area contributed by atoms with Gasteiger partial charge in [0.05, 0.1) is 40.8 Å². The van der Waals surface area contributed by atoms with Gasteiger partial charge in [-0.2, -0.15) is 0 Å². The lowest BCUT2D eigenvalue weighted by atomic mass is 9.79. The minimum Gasteiger partial charge on any atom is -0.507 e. The lowest BCUT2D eigenvalue weighted by Crippen LogP contribution is -2.51. The SMILES string of the molecule is Cc1c(O)c2c(c3c1O[C@](C)(OC(C)[C@H](C)[C@H](O)[C@H](C)[C@H](C)O)C3=O)C1=NC3(CCN(CC(C)I)CC3)NC1=C(NC(=O)C(C)(C)C(C)C)C2=O. The number of alkyl halides is 1. The number of aliphatic hydroxyl groups excluding tert-OH is 2. The number of nitrogens with zero attached hydrogens (tertiary/aromatic N) is 2. The molecule has 2 unspecified atom stereocenters. The Morgan fingerprint density at radius 3 is 2.22 bits per heavy atom. The molecule has 1 spiro atoms. The normalized spacial score (nSPS) is 25.0. The van der Waals surface area contributed by atoms with Gasteiger partial charge in [0.2, 0.25) is 17.5 Å². The number of aromatic hydroxyl groups is 1. The van der Waals surface area contributed by atoms with E-state index in [2.05, 4.69) is 45.0 Å². The van der Waals surface area contributed by atoms with E-state index < -0.39 is 58.6 Å². The first-order valence-electron chi connectivity index (χ1n) is 18.1. The predicted octanol–water partition coefficient (Wildman–Crippen LogP) is 4.63. The number of carbonyl (C=O) groups excluding carboxylic acids is 3. The van der Waals surface area contributed by atoms with Crippen LogP contribution in [0.1, 0.15) is 114 Å². The lowest BCUT2D eigenvalue weighted by molar-refractivity contribution is -0.179. The number of phenolic OH excluding ortho intramolecular Hbond substituents is 1. The number of ketones is 2. The van der Waals surface area contributed by atoms with E-state index in [1.165, 1.54) is 6.92 Å². The maximum Gasteiger partial charge on any atom is 0.272 e. The van der Waals surface area contributed by atoms with Crippen LogP contribution in [0.2, 0.25) is 0 Å². The quantitative estimate of drug-likeness (QED) is 0.157. The molecule has 3 heterocycles. The van der Waals surface area contributed by atoms with Crippen molar-refractivity contribution in [3.8, 4) is 11.5 Å². The zero-order valence-corrected chi connectivity index (χ0v) is 33.9. The maximum absolute atomic E-state index is 14.6. The Balaban J connectivity index is 1.61. The molecule has 13 heteroatoms. The summed E-state index contributed by atoms with van der Waals surface area (Å²) in [6.45, 7) is 22.0. The van der Waals surface area contributed by atoms with Gasteiger partial charge in [0.1, 0.15) is 22.9 Å². The Labute approximate surface area is 315 Å². The summed E-state index contributed by atoms with van der Waals surface area (Å²) in [7, 11) is 0. The van der Waals surface area contributed by atoms with Crippen LogP contribution in [0.4, 0.5) is 0 Å². The van der Waals surface area contributed by atoms with Crippen LogP contribution in [0.15, 0.2) is 16.4 Å². The van der Waals surface area contributed by atoms with Crippen LogP contribution < -0.4 is 15.4 Å². The van der Waals surface area contributed by atoms with Crippen LogP contribution in [0, 0.1) is 30.1 Å². The van der Waals surface area contributed by atoms with Crippen molar-refractivity contribution in [2.75, 3.05) is 19.6 Å². The minimum atomic E-state index is -1.86. The molecule has 1 amide bonds. The fourth-order valence-electron chi connectivity index (χ4n) is 7.24. The molecule has 1 aliphatic carbocycles. The number of benzene rings is 1. The number of carbonyl (C=O) groups is 3. The number of hydrogen-bond acceptors (Lipinski definition) is 11. The monoisotopic (exact) mass is 822 g/mol. The van der Waals surface area contributed by atoms with Gasteiger partial charge in [-0.3, -0.25) is 19.4 Å². The first-order chi connectivity index (χ1) is 23.6. The predicted molar refractivity (Wildman–Crippen MR) is 202 cm³/mol. The van der Waals surface area contributed by atoms with Crippen molar-refractivity contribution in [2.24, 2.45) is 28.2 Å². The van der Waals surface area contributed by atoms with E-state index in [9.17, 15) is 29.7 Å². The number of fused-ring (bicyclic) bond motifs is 5. The fourth-order valence-corrected chi connectivity index (χ4v) is 7.79. The molecular formula is C38H55IN4O8. The fraction of sp³-hybridized carbons (Fsp3) is 0.684. The summed E-state index contributed by atoms with van der Waals surface area (Å²) >= 11 is 2.41. The standard InChI is InChI=1S/C38H55IN4O8/c1-17(2)36(9,10)35(49)40-29-28-27(41-38(42-28)12-14-43(15-13-38)16-18(3)39)24-25(32(29)47)31(46)21(6)33-26(24)34(48)37(11,51-33)50-23(8)20(5)30(45)19(4)22(7)44/h17-20,22-23,30,42,44-46H,12-16H2,1-11H3,(H,40,49)/t18?,19-,20+,22+,23?,30-,37+/m1/s1. The van der Waals surface area contributed by atoms with Gasteiger partial charge in [0.15, 0.2) is 0 Å². The first-order valence-corrected chi connectivity index (χ1v) is 19.3. The molecule has 5 rings (SSSR count). The van der Waals surface area contributed by atoms with E-state index in [4.69, 9.17) is 14.5 Å². The van der Waals surface area contributed by atoms with Crippen molar-refractivity contribution >= 4 is 45.8 Å². The summed E-state index contributed by atoms with van der Waals surface area (Å²) in [6.07, 6.45) is -1.13. The number of phenols is 1. The molecule has 282 valence electrons. The van der Waals surface area contributed by atoms with Crippen LogP contribution in [-0.4, -0.2) is 96.7 Å². The molecule has 1 aromatic rings. The number of piperidine rings is 1. The molecule has 1 fully saturated rings. The largest absolute Gasteiger partial charge is 0.507 e. The Kier molecular flexibility index (Phi) is 10.9. The van der Waals surface area contributed by atoms with E-state index in [1.807, 2.05) is 27.7 Å². The van der Waals surface area contributed by atoms with Gasteiger partial charge in [-0.25, -0.2) is 0 Å². The van der Waals surface area contributed by atoms with E-state index >= 15 is 0 Å². The number of hydrogen-bond donors (Lipinski definition) is 5. The number of ether oxygens (including phenoxy) is 2. The topological polar surface area (TPSA) is 170 Å². The third-order valence-electron chi connectivity index (χ3n) is 11.9. The summed E-state index contributed by atoms with van der Waals surface area (Å²) in [6, 6.07) is 0. The summed E-state index contributed by atoms with van der Waals surface area (Å²) in [5.74, 6) is -4.64. The molecule has 1 saturated heterocycles. The molecule has 12 nitrogen and oxygen atoms in total. The van der Waals surface area contributed by atoms with Crippen molar-refractivity contribution in [2.45, 2.75) is 123 Å². The number of rotatable bonds is 11. The highest BCUT2D eigenvalue weighted by atomic mass is 127. The second kappa shape index (κ2) is 14.0. The van der Waals surface area contributed by atoms with Crippen molar-refractivity contribution in [1.82, 2.24) is 15.5 Å². The zero-order chi connectivity index (χ0) is 38.1. The molecule has 4 aliphatic rings. The summed E-state index contributed by atoms with van der Waals surface area (Å²) in [4.78, 5) is 50.5. The van der Waals surface area contributed by atoms with Crippen LogP contribution in [0.5, 0.6) is 11.5 Å². The Morgan fingerprint density at radius 1 is 1.06 bits per heavy atom. The third kappa shape index (κ3) is 6.86. The van der Waals surface area contributed by atoms with Gasteiger partial charge >= 0.3 is 0 Å². The Hall–Kier alpha value is -2.59. The second-order valence-electron chi connectivity index (χ2n) is 16.2. The first kappa shape index (κ1) is 39.6. The molecule has 0 radical (unpaired) electrons. The number of nitrogens with one attached hydrogen (secondary N) is 2. The molecule has 0 bridgehead atoms. The number of amides is 1. The van der Waals surface area contributed by atoms with Gasteiger partial charge in [-0.05, 0) is 26.7 Å². The molecular weight excluding hydrogens is 767 g/mol. The molecule has 5 N–H and O–H groups in total. The molecule has 0 aromatic heterocycles. The highest BCUT2D eigenvalue weighted by Gasteiger charge is 2.55. The van der Waals surface area contributed by atoms with Gasteiger partial charge < -0.3 is 40.3 Å². The van der Waals surface area contributed by atoms with Crippen LogP contribution in [0.3, 0.4) is 0 Å². The average Bonchev–Trinajstić information content (AvgIpc) is 3.55. The highest BCUT2D eigenvalue weighted by molar-refractivity contribution is 14.1. The number of allylic oxidation sites excluding steroid dienone is 2. The van der Waals surface area contributed by atoms with Crippen molar-refractivity contribution < 1.29 is 39.2 Å². The van der Waals surface area contributed by atoms with Gasteiger partial charge in [-0.1, -0.05) is 71.1 Å². The number of Topliss-reactive ketones (excluding diaryl/α,β-unsaturated/α-hetero) is 2. The van der Waals surface area contributed by atoms with Crippen molar-refractivity contribution in [3.05, 3.63) is 33.6 Å². The molecule has 51 heavy (non-hydrogen) atoms. The summed E-state index contributed by atoms with van der Waals surface area (Å²) in [5.41, 5.74) is -0.701. The number of aliphatic hydroxyl groups is 2. The lowest BCUT2D eigenvalue weighted by Gasteiger charge is -2.38. The maximum atomic E-state index is 14.6. The van der Waals surface area contributed by atoms with Gasteiger partial charge in [0.25, 0.3) is 5.79 Å². The molecule has 3 aliphatic heterocycles. The summed E-state index contributed by atoms with van der Waals surface area (Å²) < 4.78 is 13.1. The molecule has 1 aromatic carbocycles. The minimum absolute atomic E-state index is 0.0103. The molecule has 0 saturated carbocycles. The van der Waals surface area contributed by atoms with E-state index in [1.54, 1.807) is 34.6 Å². The number of aliphatic imine (C=N–C) groups is 1.